The Morgan fingerprint density at radius 1 is 1.25 bits per heavy atom. The van der Waals surface area contributed by atoms with Crippen LogP contribution in [0.2, 0.25) is 0 Å². The Hall–Kier alpha value is -2.78. The van der Waals surface area contributed by atoms with E-state index in [1.165, 1.54) is 35.3 Å². The number of nitrogens with zero attached hydrogens (tertiary/aromatic N) is 5. The van der Waals surface area contributed by atoms with Gasteiger partial charge in [0.25, 0.3) is 0 Å². The highest BCUT2D eigenvalue weighted by molar-refractivity contribution is 5.87. The number of carbonyl (C=O) groups excluding carboxylic acids is 1. The molecule has 2 aromatic heterocycles. The minimum Gasteiger partial charge on any atom is -0.455 e. The van der Waals surface area contributed by atoms with Crippen LogP contribution in [-0.4, -0.2) is 64.1 Å². The van der Waals surface area contributed by atoms with Gasteiger partial charge in [0.15, 0.2) is 5.65 Å². The number of esters is 1. The normalized spacial score (nSPS) is 18.3. The molecule has 2 aliphatic rings. The van der Waals surface area contributed by atoms with Gasteiger partial charge in [-0.25, -0.2) is 15.6 Å². The fourth-order valence-corrected chi connectivity index (χ4v) is 3.95. The molecule has 0 radical (unpaired) electrons. The summed E-state index contributed by atoms with van der Waals surface area (Å²) in [7, 11) is 2.16. The van der Waals surface area contributed by atoms with Gasteiger partial charge in [-0.15, -0.1) is 0 Å². The average molecular weight is 442 g/mol. The number of nitrogens with two attached hydrogens (primary N) is 2. The first-order chi connectivity index (χ1) is 15.1. The van der Waals surface area contributed by atoms with E-state index in [9.17, 15) is 4.79 Å². The molecule has 9 nitrogen and oxygen atoms in total. The van der Waals surface area contributed by atoms with Crippen molar-refractivity contribution in [1.82, 2.24) is 19.3 Å². The van der Waals surface area contributed by atoms with E-state index in [4.69, 9.17) is 21.3 Å². The third-order valence-electron chi connectivity index (χ3n) is 5.78. The van der Waals surface area contributed by atoms with Gasteiger partial charge in [-0.1, -0.05) is 0 Å². The molecule has 3 heterocycles. The molecule has 0 amide bonds. The summed E-state index contributed by atoms with van der Waals surface area (Å²) in [6.45, 7) is 9.76. The zero-order valence-electron chi connectivity index (χ0n) is 19.5. The Bertz CT molecular complexity index is 1010. The monoisotopic (exact) mass is 441 g/mol. The summed E-state index contributed by atoms with van der Waals surface area (Å²) in [5, 5.41) is 1.37. The Kier molecular flexibility index (Phi) is 6.05. The van der Waals surface area contributed by atoms with Gasteiger partial charge in [0.2, 0.25) is 0 Å². The first-order valence-electron chi connectivity index (χ1n) is 11.3. The van der Waals surface area contributed by atoms with Gasteiger partial charge in [-0.3, -0.25) is 0 Å². The number of ether oxygens (including phenoxy) is 1. The van der Waals surface area contributed by atoms with E-state index >= 15 is 0 Å². The van der Waals surface area contributed by atoms with Crippen molar-refractivity contribution in [3.8, 4) is 0 Å². The molecular weight excluding hydrogens is 406 g/mol. The van der Waals surface area contributed by atoms with E-state index in [1.54, 1.807) is 20.8 Å². The molecule has 0 bridgehead atoms. The molecule has 0 atom stereocenters. The van der Waals surface area contributed by atoms with Crippen LogP contribution in [0, 0.1) is 0 Å². The van der Waals surface area contributed by atoms with Crippen molar-refractivity contribution in [2.24, 2.45) is 11.6 Å². The minimum absolute atomic E-state index is 0.0414. The van der Waals surface area contributed by atoms with E-state index < -0.39 is 11.6 Å². The second kappa shape index (κ2) is 8.63. The summed E-state index contributed by atoms with van der Waals surface area (Å²) < 4.78 is 7.40. The number of fused-ring (bicyclic) bond motifs is 1. The number of piperazine rings is 1. The van der Waals surface area contributed by atoms with Crippen LogP contribution in [0.4, 0.5) is 5.69 Å². The topological polar surface area (TPSA) is 105 Å². The Labute approximate surface area is 189 Å². The molecule has 0 spiro atoms. The molecule has 32 heavy (non-hydrogen) atoms. The highest BCUT2D eigenvalue weighted by Gasteiger charge is 2.27. The van der Waals surface area contributed by atoms with Gasteiger partial charge >= 0.3 is 5.97 Å². The van der Waals surface area contributed by atoms with Crippen molar-refractivity contribution in [2.45, 2.75) is 51.7 Å². The number of hydrazine groups is 1. The largest absolute Gasteiger partial charge is 0.455 e. The summed E-state index contributed by atoms with van der Waals surface area (Å²) in [5.41, 5.74) is 9.52. The number of anilines is 1. The Morgan fingerprint density at radius 2 is 1.94 bits per heavy atom. The molecule has 4 N–H and O–H groups in total. The number of hydrogen-bond acceptors (Lipinski definition) is 8. The lowest BCUT2D eigenvalue weighted by molar-refractivity contribution is -0.150. The lowest BCUT2D eigenvalue weighted by Crippen LogP contribution is -2.44. The van der Waals surface area contributed by atoms with Gasteiger partial charge in [-0.2, -0.15) is 0 Å². The van der Waals surface area contributed by atoms with Crippen molar-refractivity contribution in [3.05, 3.63) is 41.6 Å². The first-order valence-corrected chi connectivity index (χ1v) is 11.3. The van der Waals surface area contributed by atoms with Gasteiger partial charge in [-0.05, 0) is 58.2 Å². The standard InChI is InChI=1S/C23H35N7O2/c1-23(2,3)32-22(31)19(24)15-30(25)14-18-13-29-12-17(16-5-6-16)11-20(21(29)26-18)28-9-7-27(4)8-10-28/h11-13,15-16H,5-10,14,24-25H2,1-4H3/b19-15-. The van der Waals surface area contributed by atoms with Crippen molar-refractivity contribution < 1.29 is 9.53 Å². The number of rotatable bonds is 6. The lowest BCUT2D eigenvalue weighted by atomic mass is 10.1. The zero-order valence-corrected chi connectivity index (χ0v) is 19.5. The molecule has 1 aliphatic heterocycles. The highest BCUT2D eigenvalue weighted by atomic mass is 16.6. The van der Waals surface area contributed by atoms with Gasteiger partial charge in [0.05, 0.1) is 17.9 Å². The summed E-state index contributed by atoms with van der Waals surface area (Å²) >= 11 is 0. The molecule has 174 valence electrons. The van der Waals surface area contributed by atoms with Crippen LogP contribution in [0.5, 0.6) is 0 Å². The lowest BCUT2D eigenvalue weighted by Gasteiger charge is -2.34. The SMILES string of the molecule is CN1CCN(c2cc(C3CC3)cn3cc(CN(N)/C=C(\N)C(=O)OC(C)(C)C)nc23)CC1. The quantitative estimate of drug-likeness (QED) is 0.302. The maximum Gasteiger partial charge on any atom is 0.356 e. The molecule has 0 unspecified atom stereocenters. The van der Waals surface area contributed by atoms with Gasteiger partial charge < -0.3 is 29.7 Å². The van der Waals surface area contributed by atoms with E-state index in [2.05, 4.69) is 33.5 Å². The third kappa shape index (κ3) is 5.34. The second-order valence-corrected chi connectivity index (χ2v) is 9.95. The van der Waals surface area contributed by atoms with Gasteiger partial charge in [0.1, 0.15) is 11.3 Å². The third-order valence-corrected chi connectivity index (χ3v) is 5.78. The number of likely N-dealkylation sites (N-methyl/N-ethyl adjacent to an activating group) is 1. The summed E-state index contributed by atoms with van der Waals surface area (Å²) in [6, 6.07) is 2.32. The molecule has 0 aromatic carbocycles. The maximum absolute atomic E-state index is 12.1. The average Bonchev–Trinajstić information content (AvgIpc) is 3.47. The summed E-state index contributed by atoms with van der Waals surface area (Å²) in [4.78, 5) is 21.8. The van der Waals surface area contributed by atoms with Crippen molar-refractivity contribution in [2.75, 3.05) is 38.1 Å². The molecule has 1 saturated carbocycles. The highest BCUT2D eigenvalue weighted by Crippen LogP contribution is 2.42. The number of hydrogen-bond donors (Lipinski definition) is 2. The molecule has 1 saturated heterocycles. The number of pyridine rings is 1. The van der Waals surface area contributed by atoms with E-state index in [1.807, 2.05) is 6.20 Å². The Morgan fingerprint density at radius 3 is 2.56 bits per heavy atom. The van der Waals surface area contributed by atoms with Crippen LogP contribution in [-0.2, 0) is 16.1 Å². The summed E-state index contributed by atoms with van der Waals surface area (Å²) in [5.74, 6) is 6.18. The van der Waals surface area contributed by atoms with Crippen LogP contribution < -0.4 is 16.5 Å². The molecule has 4 rings (SSSR count). The predicted octanol–water partition coefficient (Wildman–Crippen LogP) is 1.78. The van der Waals surface area contributed by atoms with Crippen molar-refractivity contribution in [1.29, 1.82) is 0 Å². The molecule has 2 fully saturated rings. The van der Waals surface area contributed by atoms with Crippen LogP contribution in [0.25, 0.3) is 5.65 Å². The first kappa shape index (κ1) is 22.4. The molecular formula is C23H35N7O2. The number of imidazole rings is 1. The van der Waals surface area contributed by atoms with E-state index in [0.717, 1.165) is 37.5 Å². The molecule has 9 heteroatoms. The van der Waals surface area contributed by atoms with Crippen LogP contribution >= 0.6 is 0 Å². The van der Waals surface area contributed by atoms with E-state index in [0.29, 0.717) is 12.5 Å². The minimum atomic E-state index is -0.616. The van der Waals surface area contributed by atoms with Crippen molar-refractivity contribution >= 4 is 17.3 Å². The number of aromatic nitrogens is 2. The fraction of sp³-hybridized carbons (Fsp3) is 0.565. The predicted molar refractivity (Wildman–Crippen MR) is 125 cm³/mol. The molecule has 1 aliphatic carbocycles. The zero-order chi connectivity index (χ0) is 23.0. The van der Waals surface area contributed by atoms with E-state index in [-0.39, 0.29) is 5.70 Å². The summed E-state index contributed by atoms with van der Waals surface area (Å²) in [6.07, 6.45) is 8.10. The smallest absolute Gasteiger partial charge is 0.356 e. The molecule has 2 aromatic rings. The Balaban J connectivity index is 1.55. The fourth-order valence-electron chi connectivity index (χ4n) is 3.95. The maximum atomic E-state index is 12.1. The van der Waals surface area contributed by atoms with Crippen LogP contribution in [0.3, 0.4) is 0 Å². The van der Waals surface area contributed by atoms with Crippen molar-refractivity contribution in [3.63, 3.8) is 0 Å². The second-order valence-electron chi connectivity index (χ2n) is 9.95. The van der Waals surface area contributed by atoms with Gasteiger partial charge in [0, 0.05) is 44.8 Å². The van der Waals surface area contributed by atoms with Crippen LogP contribution in [0.1, 0.15) is 50.8 Å². The van der Waals surface area contributed by atoms with Crippen LogP contribution in [0.15, 0.2) is 30.4 Å². The number of carbonyl (C=O) groups is 1.